The SMILES string of the molecule is CC1=C(C(=O)Nc2ccccc2)C(c2ccc(F)cc2)n2ncc(C(N)=O)c2N1. The molecule has 1 unspecified atom stereocenters. The van der Waals surface area contributed by atoms with Gasteiger partial charge in [0.1, 0.15) is 23.2 Å². The molecule has 0 aliphatic carbocycles. The lowest BCUT2D eigenvalue weighted by molar-refractivity contribution is -0.113. The second kappa shape index (κ2) is 7.23. The highest BCUT2D eigenvalue weighted by Gasteiger charge is 2.35. The number of amides is 2. The molecule has 2 heterocycles. The van der Waals surface area contributed by atoms with Crippen molar-refractivity contribution in [2.24, 2.45) is 5.73 Å². The molecule has 4 N–H and O–H groups in total. The molecule has 1 aliphatic heterocycles. The van der Waals surface area contributed by atoms with E-state index in [1.54, 1.807) is 31.2 Å². The van der Waals surface area contributed by atoms with E-state index in [1.807, 2.05) is 18.2 Å². The van der Waals surface area contributed by atoms with Crippen LogP contribution in [0.5, 0.6) is 0 Å². The van der Waals surface area contributed by atoms with Crippen molar-refractivity contribution in [1.29, 1.82) is 0 Å². The molecule has 29 heavy (non-hydrogen) atoms. The van der Waals surface area contributed by atoms with Gasteiger partial charge < -0.3 is 16.4 Å². The number of benzene rings is 2. The zero-order valence-electron chi connectivity index (χ0n) is 15.5. The first kappa shape index (κ1) is 18.4. The van der Waals surface area contributed by atoms with Crippen molar-refractivity contribution in [3.63, 3.8) is 0 Å². The van der Waals surface area contributed by atoms with E-state index >= 15 is 0 Å². The third-order valence-corrected chi connectivity index (χ3v) is 4.75. The number of anilines is 2. The van der Waals surface area contributed by atoms with Gasteiger partial charge in [0.25, 0.3) is 11.8 Å². The van der Waals surface area contributed by atoms with Gasteiger partial charge in [0.05, 0.1) is 11.8 Å². The molecule has 1 aliphatic rings. The summed E-state index contributed by atoms with van der Waals surface area (Å²) in [7, 11) is 0. The molecular formula is C21H18FN5O2. The second-order valence-corrected chi connectivity index (χ2v) is 6.65. The van der Waals surface area contributed by atoms with Crippen LogP contribution in [-0.4, -0.2) is 21.6 Å². The lowest BCUT2D eigenvalue weighted by atomic mass is 9.94. The first-order valence-electron chi connectivity index (χ1n) is 8.92. The number of para-hydroxylation sites is 1. The molecule has 2 amide bonds. The molecule has 0 saturated heterocycles. The van der Waals surface area contributed by atoms with Crippen LogP contribution in [0.15, 0.2) is 72.1 Å². The fraction of sp³-hybridized carbons (Fsp3) is 0.0952. The van der Waals surface area contributed by atoms with E-state index in [9.17, 15) is 14.0 Å². The van der Waals surface area contributed by atoms with Crippen molar-refractivity contribution in [2.75, 3.05) is 10.6 Å². The quantitative estimate of drug-likeness (QED) is 0.636. The van der Waals surface area contributed by atoms with E-state index in [0.29, 0.717) is 28.3 Å². The number of carbonyl (C=O) groups excluding carboxylic acids is 2. The first-order chi connectivity index (χ1) is 14.0. The highest BCUT2D eigenvalue weighted by molar-refractivity contribution is 6.06. The number of hydrogen-bond acceptors (Lipinski definition) is 4. The Bertz CT molecular complexity index is 1120. The van der Waals surface area contributed by atoms with Crippen LogP contribution in [0, 0.1) is 5.82 Å². The monoisotopic (exact) mass is 391 g/mol. The molecule has 3 aromatic rings. The summed E-state index contributed by atoms with van der Waals surface area (Å²) in [6.45, 7) is 1.73. The minimum absolute atomic E-state index is 0.207. The van der Waals surface area contributed by atoms with Crippen LogP contribution in [0.25, 0.3) is 0 Å². The van der Waals surface area contributed by atoms with E-state index in [-0.39, 0.29) is 11.5 Å². The molecule has 146 valence electrons. The van der Waals surface area contributed by atoms with Gasteiger partial charge in [-0.2, -0.15) is 5.10 Å². The largest absolute Gasteiger partial charge is 0.365 e. The predicted molar refractivity (Wildman–Crippen MR) is 107 cm³/mol. The molecule has 2 aromatic carbocycles. The van der Waals surface area contributed by atoms with Crippen molar-refractivity contribution in [2.45, 2.75) is 13.0 Å². The van der Waals surface area contributed by atoms with Gasteiger partial charge in [-0.3, -0.25) is 9.59 Å². The smallest absolute Gasteiger partial charge is 0.255 e. The third-order valence-electron chi connectivity index (χ3n) is 4.75. The molecule has 0 bridgehead atoms. The van der Waals surface area contributed by atoms with E-state index in [2.05, 4.69) is 15.7 Å². The highest BCUT2D eigenvalue weighted by Crippen LogP contribution is 2.37. The van der Waals surface area contributed by atoms with Gasteiger partial charge in [-0.25, -0.2) is 9.07 Å². The standard InChI is InChI=1S/C21H18FN5O2/c1-12-17(21(29)26-15-5-3-2-4-6-15)18(13-7-9-14(22)10-8-13)27-20(25-12)16(11-24-27)19(23)28/h2-11,18,25H,1H3,(H2,23,28)(H,26,29). The maximum absolute atomic E-state index is 13.5. The summed E-state index contributed by atoms with van der Waals surface area (Å²) < 4.78 is 15.0. The normalized spacial score (nSPS) is 15.4. The number of nitrogens with zero attached hydrogens (tertiary/aromatic N) is 2. The van der Waals surface area contributed by atoms with Crippen molar-refractivity contribution in [1.82, 2.24) is 9.78 Å². The fourth-order valence-electron chi connectivity index (χ4n) is 3.40. The third kappa shape index (κ3) is 3.36. The Morgan fingerprint density at radius 3 is 2.48 bits per heavy atom. The number of halogens is 1. The fourth-order valence-corrected chi connectivity index (χ4v) is 3.40. The number of allylic oxidation sites excluding steroid dienone is 1. The van der Waals surface area contributed by atoms with Gasteiger partial charge in [0, 0.05) is 11.4 Å². The van der Waals surface area contributed by atoms with Crippen molar-refractivity contribution >= 4 is 23.3 Å². The molecular weight excluding hydrogens is 373 g/mol. The van der Waals surface area contributed by atoms with Gasteiger partial charge in [0.2, 0.25) is 0 Å². The van der Waals surface area contributed by atoms with Crippen LogP contribution in [0.3, 0.4) is 0 Å². The zero-order valence-corrected chi connectivity index (χ0v) is 15.5. The number of nitrogens with two attached hydrogens (primary N) is 1. The van der Waals surface area contributed by atoms with Crippen LogP contribution in [0.2, 0.25) is 0 Å². The van der Waals surface area contributed by atoms with Crippen molar-refractivity contribution in [3.8, 4) is 0 Å². The Kier molecular flexibility index (Phi) is 4.59. The molecule has 1 atom stereocenters. The lowest BCUT2D eigenvalue weighted by Gasteiger charge is -2.30. The first-order valence-corrected chi connectivity index (χ1v) is 8.92. The number of rotatable bonds is 4. The minimum atomic E-state index is -0.663. The average Bonchev–Trinajstić information content (AvgIpc) is 3.12. The molecule has 0 spiro atoms. The molecule has 0 radical (unpaired) electrons. The number of primary amides is 1. The van der Waals surface area contributed by atoms with E-state index < -0.39 is 17.8 Å². The molecule has 0 fully saturated rings. The van der Waals surface area contributed by atoms with E-state index in [0.717, 1.165) is 0 Å². The number of hydrogen-bond donors (Lipinski definition) is 3. The van der Waals surface area contributed by atoms with Crippen LogP contribution < -0.4 is 16.4 Å². The van der Waals surface area contributed by atoms with Crippen LogP contribution >= 0.6 is 0 Å². The Balaban J connectivity index is 1.82. The van der Waals surface area contributed by atoms with Gasteiger partial charge in [-0.1, -0.05) is 30.3 Å². The summed E-state index contributed by atoms with van der Waals surface area (Å²) in [5.74, 6) is -0.975. The molecule has 4 rings (SSSR count). The van der Waals surface area contributed by atoms with Crippen molar-refractivity contribution < 1.29 is 14.0 Å². The summed E-state index contributed by atoms with van der Waals surface area (Å²) in [5.41, 5.74) is 7.88. The average molecular weight is 391 g/mol. The molecule has 0 saturated carbocycles. The maximum atomic E-state index is 13.5. The summed E-state index contributed by atoms with van der Waals surface area (Å²) in [5, 5.41) is 10.2. The summed E-state index contributed by atoms with van der Waals surface area (Å²) in [4.78, 5) is 24.9. The maximum Gasteiger partial charge on any atom is 0.255 e. The predicted octanol–water partition coefficient (Wildman–Crippen LogP) is 3.05. The van der Waals surface area contributed by atoms with Crippen LogP contribution in [-0.2, 0) is 4.79 Å². The zero-order chi connectivity index (χ0) is 20.5. The number of fused-ring (bicyclic) bond motifs is 1. The Labute approximate surface area is 166 Å². The van der Waals surface area contributed by atoms with E-state index in [1.165, 1.54) is 23.0 Å². The van der Waals surface area contributed by atoms with Crippen molar-refractivity contribution in [3.05, 3.63) is 89.0 Å². The van der Waals surface area contributed by atoms with Gasteiger partial charge in [0.15, 0.2) is 0 Å². The summed E-state index contributed by atoms with van der Waals surface area (Å²) in [6, 6.07) is 14.2. The lowest BCUT2D eigenvalue weighted by Crippen LogP contribution is -2.32. The highest BCUT2D eigenvalue weighted by atomic mass is 19.1. The van der Waals surface area contributed by atoms with Crippen LogP contribution in [0.1, 0.15) is 28.9 Å². The van der Waals surface area contributed by atoms with Gasteiger partial charge in [-0.05, 0) is 36.8 Å². The number of aromatic nitrogens is 2. The van der Waals surface area contributed by atoms with Gasteiger partial charge in [-0.15, -0.1) is 0 Å². The second-order valence-electron chi connectivity index (χ2n) is 6.65. The summed E-state index contributed by atoms with van der Waals surface area (Å²) in [6.07, 6.45) is 1.35. The molecule has 1 aromatic heterocycles. The minimum Gasteiger partial charge on any atom is -0.365 e. The Morgan fingerprint density at radius 1 is 1.14 bits per heavy atom. The molecule has 7 nitrogen and oxygen atoms in total. The van der Waals surface area contributed by atoms with Crippen LogP contribution in [0.4, 0.5) is 15.9 Å². The summed E-state index contributed by atoms with van der Waals surface area (Å²) >= 11 is 0. The number of nitrogens with one attached hydrogen (secondary N) is 2. The number of carbonyl (C=O) groups is 2. The molecule has 8 heteroatoms. The Hall–Kier alpha value is -3.94. The van der Waals surface area contributed by atoms with E-state index in [4.69, 9.17) is 5.73 Å². The Morgan fingerprint density at radius 2 is 1.83 bits per heavy atom. The topological polar surface area (TPSA) is 102 Å². The van der Waals surface area contributed by atoms with Gasteiger partial charge >= 0.3 is 0 Å².